The Balaban J connectivity index is 2.08. The summed E-state index contributed by atoms with van der Waals surface area (Å²) in [7, 11) is 0. The van der Waals surface area contributed by atoms with Crippen molar-refractivity contribution >= 4 is 11.8 Å². The molecule has 0 aliphatic carbocycles. The maximum Gasteiger partial charge on any atom is 0.0619 e. The van der Waals surface area contributed by atoms with Gasteiger partial charge in [-0.05, 0) is 24.1 Å². The van der Waals surface area contributed by atoms with Crippen LogP contribution in [-0.4, -0.2) is 23.0 Å². The number of rotatable bonds is 2. The molecule has 1 heterocycles. The number of aliphatic hydroxyl groups is 1. The standard InChI is InChI=1S/C17H19NOS/c1-17(11-19)12-20-15-10-6-5-9-14(15)16(18-17)13-7-3-2-4-8-13/h2-10,16,18-19H,11-12H2,1H3/t16-,17+/m1/s1. The highest BCUT2D eigenvalue weighted by Crippen LogP contribution is 2.37. The van der Waals surface area contributed by atoms with E-state index in [0.29, 0.717) is 0 Å². The van der Waals surface area contributed by atoms with Gasteiger partial charge in [-0.3, -0.25) is 5.32 Å². The Bertz CT molecular complexity index is 587. The molecule has 2 atom stereocenters. The smallest absolute Gasteiger partial charge is 0.0619 e. The van der Waals surface area contributed by atoms with Crippen LogP contribution in [0.2, 0.25) is 0 Å². The first-order valence-electron chi connectivity index (χ1n) is 6.87. The van der Waals surface area contributed by atoms with Crippen LogP contribution in [-0.2, 0) is 0 Å². The van der Waals surface area contributed by atoms with Gasteiger partial charge in [0.1, 0.15) is 0 Å². The number of hydrogen-bond donors (Lipinski definition) is 2. The SMILES string of the molecule is C[C@]1(CO)CSc2ccccc2[C@@H](c2ccccc2)N1. The lowest BCUT2D eigenvalue weighted by Gasteiger charge is -2.31. The topological polar surface area (TPSA) is 32.3 Å². The molecule has 1 aliphatic heterocycles. The predicted molar refractivity (Wildman–Crippen MR) is 84.1 cm³/mol. The van der Waals surface area contributed by atoms with Crippen molar-refractivity contribution in [3.8, 4) is 0 Å². The molecule has 0 spiro atoms. The van der Waals surface area contributed by atoms with E-state index >= 15 is 0 Å². The molecule has 3 heteroatoms. The van der Waals surface area contributed by atoms with Gasteiger partial charge in [-0.15, -0.1) is 11.8 Å². The average Bonchev–Trinajstić information content (AvgIpc) is 2.66. The minimum absolute atomic E-state index is 0.125. The predicted octanol–water partition coefficient (Wildman–Crippen LogP) is 3.22. The van der Waals surface area contributed by atoms with Gasteiger partial charge >= 0.3 is 0 Å². The van der Waals surface area contributed by atoms with E-state index in [9.17, 15) is 5.11 Å². The summed E-state index contributed by atoms with van der Waals surface area (Å²) >= 11 is 1.82. The lowest BCUT2D eigenvalue weighted by atomic mass is 9.95. The third-order valence-electron chi connectivity index (χ3n) is 3.75. The molecule has 2 N–H and O–H groups in total. The quantitative estimate of drug-likeness (QED) is 0.888. The van der Waals surface area contributed by atoms with Gasteiger partial charge in [0.25, 0.3) is 0 Å². The molecule has 2 aromatic rings. The van der Waals surface area contributed by atoms with Gasteiger partial charge in [0.15, 0.2) is 0 Å². The highest BCUT2D eigenvalue weighted by atomic mass is 32.2. The Morgan fingerprint density at radius 2 is 1.85 bits per heavy atom. The average molecular weight is 285 g/mol. The first kappa shape index (κ1) is 13.7. The number of benzene rings is 2. The van der Waals surface area contributed by atoms with Crippen molar-refractivity contribution in [3.63, 3.8) is 0 Å². The zero-order valence-corrected chi connectivity index (χ0v) is 12.4. The highest BCUT2D eigenvalue weighted by molar-refractivity contribution is 7.99. The maximum absolute atomic E-state index is 9.74. The molecule has 20 heavy (non-hydrogen) atoms. The monoisotopic (exact) mass is 285 g/mol. The van der Waals surface area contributed by atoms with Gasteiger partial charge in [0.05, 0.1) is 12.6 Å². The lowest BCUT2D eigenvalue weighted by Crippen LogP contribution is -2.48. The molecule has 0 saturated heterocycles. The lowest BCUT2D eigenvalue weighted by molar-refractivity contribution is 0.185. The van der Waals surface area contributed by atoms with Crippen LogP contribution >= 0.6 is 11.8 Å². The van der Waals surface area contributed by atoms with Crippen LogP contribution in [0.1, 0.15) is 24.1 Å². The van der Waals surface area contributed by atoms with Crippen molar-refractivity contribution in [2.24, 2.45) is 0 Å². The van der Waals surface area contributed by atoms with Crippen LogP contribution in [0.15, 0.2) is 59.5 Å². The second kappa shape index (κ2) is 5.60. The molecule has 104 valence electrons. The van der Waals surface area contributed by atoms with Crippen LogP contribution in [0.5, 0.6) is 0 Å². The second-order valence-electron chi connectivity index (χ2n) is 5.53. The normalized spacial score (nSPS) is 25.8. The van der Waals surface area contributed by atoms with Crippen LogP contribution in [0.4, 0.5) is 0 Å². The number of aliphatic hydroxyl groups excluding tert-OH is 1. The molecule has 3 rings (SSSR count). The van der Waals surface area contributed by atoms with Crippen molar-refractivity contribution < 1.29 is 5.11 Å². The van der Waals surface area contributed by atoms with E-state index in [1.54, 1.807) is 0 Å². The number of nitrogens with one attached hydrogen (secondary N) is 1. The Kier molecular flexibility index (Phi) is 3.83. The van der Waals surface area contributed by atoms with Gasteiger partial charge in [0, 0.05) is 16.2 Å². The summed E-state index contributed by atoms with van der Waals surface area (Å²) in [5.41, 5.74) is 2.26. The molecule has 1 aliphatic rings. The summed E-state index contributed by atoms with van der Waals surface area (Å²) in [6.07, 6.45) is 0. The van der Waals surface area contributed by atoms with Gasteiger partial charge in [-0.2, -0.15) is 0 Å². The molecule has 0 saturated carbocycles. The molecule has 2 aromatic carbocycles. The highest BCUT2D eigenvalue weighted by Gasteiger charge is 2.32. The molecule has 0 bridgehead atoms. The molecule has 0 aromatic heterocycles. The zero-order chi connectivity index (χ0) is 14.0. The minimum atomic E-state index is -0.274. The summed E-state index contributed by atoms with van der Waals surface area (Å²) in [5.74, 6) is 0.865. The summed E-state index contributed by atoms with van der Waals surface area (Å²) < 4.78 is 0. The van der Waals surface area contributed by atoms with E-state index < -0.39 is 0 Å². The van der Waals surface area contributed by atoms with Crippen molar-refractivity contribution in [1.29, 1.82) is 0 Å². The van der Waals surface area contributed by atoms with Gasteiger partial charge < -0.3 is 5.11 Å². The molecular weight excluding hydrogens is 266 g/mol. The fourth-order valence-corrected chi connectivity index (χ4v) is 3.73. The maximum atomic E-state index is 9.74. The summed E-state index contributed by atoms with van der Waals surface area (Å²) in [6.45, 7) is 2.22. The second-order valence-corrected chi connectivity index (χ2v) is 6.55. The van der Waals surface area contributed by atoms with E-state index in [-0.39, 0.29) is 18.2 Å². The Labute approximate surface area is 124 Å². The van der Waals surface area contributed by atoms with E-state index in [0.717, 1.165) is 5.75 Å². The molecule has 2 nitrogen and oxygen atoms in total. The van der Waals surface area contributed by atoms with E-state index in [1.807, 2.05) is 17.8 Å². The number of thioether (sulfide) groups is 1. The number of hydrogen-bond acceptors (Lipinski definition) is 3. The fraction of sp³-hybridized carbons (Fsp3) is 0.294. The Hall–Kier alpha value is -1.29. The molecule has 0 amide bonds. The van der Waals surface area contributed by atoms with E-state index in [4.69, 9.17) is 0 Å². The molecule has 0 unspecified atom stereocenters. The van der Waals surface area contributed by atoms with Crippen molar-refractivity contribution in [2.75, 3.05) is 12.4 Å². The van der Waals surface area contributed by atoms with Crippen LogP contribution in [0.3, 0.4) is 0 Å². The first-order chi connectivity index (χ1) is 9.72. The molecule has 0 radical (unpaired) electrons. The summed E-state index contributed by atoms with van der Waals surface area (Å²) in [6, 6.07) is 19.1. The third-order valence-corrected chi connectivity index (χ3v) is 5.22. The van der Waals surface area contributed by atoms with Crippen molar-refractivity contribution in [1.82, 2.24) is 5.32 Å². The van der Waals surface area contributed by atoms with Gasteiger partial charge in [-0.1, -0.05) is 48.5 Å². The molecular formula is C17H19NOS. The Morgan fingerprint density at radius 3 is 2.60 bits per heavy atom. The minimum Gasteiger partial charge on any atom is -0.394 e. The number of fused-ring (bicyclic) bond motifs is 1. The summed E-state index contributed by atoms with van der Waals surface area (Å²) in [4.78, 5) is 1.30. The zero-order valence-electron chi connectivity index (χ0n) is 11.5. The largest absolute Gasteiger partial charge is 0.394 e. The Morgan fingerprint density at radius 1 is 1.15 bits per heavy atom. The van der Waals surface area contributed by atoms with E-state index in [1.165, 1.54) is 16.0 Å². The van der Waals surface area contributed by atoms with Crippen molar-refractivity contribution in [2.45, 2.75) is 23.4 Å². The molecule has 0 fully saturated rings. The third kappa shape index (κ3) is 2.62. The van der Waals surface area contributed by atoms with E-state index in [2.05, 4.69) is 60.8 Å². The first-order valence-corrected chi connectivity index (χ1v) is 7.86. The van der Waals surface area contributed by atoms with Crippen LogP contribution in [0.25, 0.3) is 0 Å². The fourth-order valence-electron chi connectivity index (χ4n) is 2.56. The van der Waals surface area contributed by atoms with Crippen molar-refractivity contribution in [3.05, 3.63) is 65.7 Å². The van der Waals surface area contributed by atoms with Crippen LogP contribution < -0.4 is 5.32 Å². The van der Waals surface area contributed by atoms with Gasteiger partial charge in [-0.25, -0.2) is 0 Å². The van der Waals surface area contributed by atoms with Gasteiger partial charge in [0.2, 0.25) is 0 Å². The summed E-state index contributed by atoms with van der Waals surface area (Å²) in [5, 5.41) is 13.4. The van der Waals surface area contributed by atoms with Crippen LogP contribution in [0, 0.1) is 0 Å².